The molecule has 8 heteroatoms. The monoisotopic (exact) mass is 350 g/mol. The van der Waals surface area contributed by atoms with Crippen LogP contribution in [0.4, 0.5) is 0 Å². The summed E-state index contributed by atoms with van der Waals surface area (Å²) in [5.41, 5.74) is 0.858. The van der Waals surface area contributed by atoms with E-state index in [1.165, 1.54) is 18.4 Å². The summed E-state index contributed by atoms with van der Waals surface area (Å²) in [6.45, 7) is 2.51. The van der Waals surface area contributed by atoms with Crippen LogP contribution in [0.1, 0.15) is 26.2 Å². The largest absolute Gasteiger partial charge is 0.469 e. The smallest absolute Gasteiger partial charge is 0.307 e. The molecule has 2 aromatic rings. The lowest BCUT2D eigenvalue weighted by Crippen LogP contribution is -2.19. The second kappa shape index (κ2) is 7.04. The maximum atomic E-state index is 11.9. The Morgan fingerprint density at radius 3 is 2.75 bits per heavy atom. The standard InChI is InChI=1S/C16H18N2O5S/c1-3-4-14(19)17-16-18(6-5-15(20)21-2)10-7-11-12(23-9-22-11)8-13(10)24-16/h7-8H,3-6,9H2,1-2H3. The van der Waals surface area contributed by atoms with Crippen molar-refractivity contribution in [1.82, 2.24) is 4.57 Å². The third-order valence-corrected chi connectivity index (χ3v) is 4.67. The molecule has 7 nitrogen and oxygen atoms in total. The molecule has 0 N–H and O–H groups in total. The average molecular weight is 350 g/mol. The van der Waals surface area contributed by atoms with Gasteiger partial charge in [-0.05, 0) is 6.42 Å². The molecule has 0 saturated carbocycles. The molecule has 2 heterocycles. The lowest BCUT2D eigenvalue weighted by molar-refractivity contribution is -0.140. The molecule has 0 radical (unpaired) electrons. The minimum atomic E-state index is -0.312. The maximum absolute atomic E-state index is 11.9. The predicted octanol–water partition coefficient (Wildman–Crippen LogP) is 2.22. The number of nitrogens with zero attached hydrogens (tertiary/aromatic N) is 2. The molecule has 1 aliphatic heterocycles. The van der Waals surface area contributed by atoms with E-state index in [-0.39, 0.29) is 25.1 Å². The number of benzene rings is 1. The van der Waals surface area contributed by atoms with Crippen molar-refractivity contribution < 1.29 is 23.8 Å². The van der Waals surface area contributed by atoms with Crippen LogP contribution < -0.4 is 14.3 Å². The fourth-order valence-electron chi connectivity index (χ4n) is 2.44. The zero-order chi connectivity index (χ0) is 17.1. The van der Waals surface area contributed by atoms with Gasteiger partial charge in [0.2, 0.25) is 12.7 Å². The van der Waals surface area contributed by atoms with Crippen LogP contribution in [0.3, 0.4) is 0 Å². The van der Waals surface area contributed by atoms with Crippen LogP contribution in [0.15, 0.2) is 17.1 Å². The van der Waals surface area contributed by atoms with Gasteiger partial charge in [-0.1, -0.05) is 18.3 Å². The lowest BCUT2D eigenvalue weighted by atomic mass is 10.3. The molecule has 3 rings (SSSR count). The van der Waals surface area contributed by atoms with Crippen LogP contribution in [0, 0.1) is 0 Å². The third kappa shape index (κ3) is 3.28. The Morgan fingerprint density at radius 2 is 2.04 bits per heavy atom. The number of aromatic nitrogens is 1. The number of ether oxygens (including phenoxy) is 3. The van der Waals surface area contributed by atoms with Crippen LogP contribution in [-0.2, 0) is 20.9 Å². The van der Waals surface area contributed by atoms with Gasteiger partial charge >= 0.3 is 5.97 Å². The topological polar surface area (TPSA) is 79.1 Å². The predicted molar refractivity (Wildman–Crippen MR) is 88.0 cm³/mol. The second-order valence-electron chi connectivity index (χ2n) is 5.29. The van der Waals surface area contributed by atoms with Crippen molar-refractivity contribution >= 4 is 33.4 Å². The third-order valence-electron chi connectivity index (χ3n) is 3.63. The molecule has 1 aromatic carbocycles. The second-order valence-corrected chi connectivity index (χ2v) is 6.30. The quantitative estimate of drug-likeness (QED) is 0.773. The van der Waals surface area contributed by atoms with Crippen molar-refractivity contribution in [2.24, 2.45) is 4.99 Å². The number of methoxy groups -OCH3 is 1. The molecule has 0 unspecified atom stereocenters. The Morgan fingerprint density at radius 1 is 1.29 bits per heavy atom. The van der Waals surface area contributed by atoms with Crippen LogP contribution in [0.25, 0.3) is 10.2 Å². The number of hydrogen-bond donors (Lipinski definition) is 0. The summed E-state index contributed by atoms with van der Waals surface area (Å²) in [4.78, 5) is 28.2. The van der Waals surface area contributed by atoms with E-state index in [4.69, 9.17) is 14.2 Å². The van der Waals surface area contributed by atoms with E-state index in [1.54, 1.807) is 0 Å². The van der Waals surface area contributed by atoms with Crippen molar-refractivity contribution in [2.45, 2.75) is 32.7 Å². The summed E-state index contributed by atoms with van der Waals surface area (Å²) in [5, 5.41) is 0. The number of amides is 1. The molecule has 0 atom stereocenters. The number of rotatable bonds is 5. The Hall–Kier alpha value is -2.35. The van der Waals surface area contributed by atoms with Crippen molar-refractivity contribution in [3.63, 3.8) is 0 Å². The number of aryl methyl sites for hydroxylation is 1. The van der Waals surface area contributed by atoms with E-state index in [1.807, 2.05) is 23.6 Å². The number of hydrogen-bond acceptors (Lipinski definition) is 6. The van der Waals surface area contributed by atoms with Crippen molar-refractivity contribution in [1.29, 1.82) is 0 Å². The molecule has 128 valence electrons. The first kappa shape index (κ1) is 16.5. The fraction of sp³-hybridized carbons (Fsp3) is 0.438. The zero-order valence-electron chi connectivity index (χ0n) is 13.5. The van der Waals surface area contributed by atoms with Gasteiger partial charge in [0.25, 0.3) is 0 Å². The van der Waals surface area contributed by atoms with Crippen LogP contribution in [0.5, 0.6) is 11.5 Å². The summed E-state index contributed by atoms with van der Waals surface area (Å²) in [6, 6.07) is 3.73. The number of esters is 1. The van der Waals surface area contributed by atoms with Crippen molar-refractivity contribution in [2.75, 3.05) is 13.9 Å². The van der Waals surface area contributed by atoms with Gasteiger partial charge in [0, 0.05) is 25.1 Å². The maximum Gasteiger partial charge on any atom is 0.307 e. The van der Waals surface area contributed by atoms with Gasteiger partial charge in [-0.15, -0.1) is 0 Å². The normalized spacial score (nSPS) is 13.5. The minimum Gasteiger partial charge on any atom is -0.469 e. The Balaban J connectivity index is 2.07. The van der Waals surface area contributed by atoms with Gasteiger partial charge in [-0.3, -0.25) is 9.59 Å². The summed E-state index contributed by atoms with van der Waals surface area (Å²) < 4.78 is 18.3. The molecular formula is C16H18N2O5S. The molecular weight excluding hydrogens is 332 g/mol. The summed E-state index contributed by atoms with van der Waals surface area (Å²) in [7, 11) is 1.35. The Labute approximate surface area is 142 Å². The molecule has 0 bridgehead atoms. The van der Waals surface area contributed by atoms with E-state index in [0.29, 0.717) is 29.3 Å². The molecule has 0 saturated heterocycles. The molecule has 0 fully saturated rings. The van der Waals surface area contributed by atoms with Gasteiger partial charge in [0.15, 0.2) is 16.3 Å². The fourth-order valence-corrected chi connectivity index (χ4v) is 3.53. The van der Waals surface area contributed by atoms with E-state index >= 15 is 0 Å². The van der Waals surface area contributed by atoms with Crippen LogP contribution in [0.2, 0.25) is 0 Å². The highest BCUT2D eigenvalue weighted by Crippen LogP contribution is 2.37. The summed E-state index contributed by atoms with van der Waals surface area (Å²) in [5.74, 6) is 0.846. The van der Waals surface area contributed by atoms with Gasteiger partial charge in [-0.2, -0.15) is 4.99 Å². The van der Waals surface area contributed by atoms with Gasteiger partial charge in [0.1, 0.15) is 0 Å². The number of carbonyl (C=O) groups excluding carboxylic acids is 2. The molecule has 1 amide bonds. The van der Waals surface area contributed by atoms with Crippen LogP contribution >= 0.6 is 11.3 Å². The van der Waals surface area contributed by atoms with E-state index < -0.39 is 0 Å². The van der Waals surface area contributed by atoms with E-state index in [0.717, 1.165) is 16.6 Å². The molecule has 24 heavy (non-hydrogen) atoms. The highest BCUT2D eigenvalue weighted by Gasteiger charge is 2.18. The highest BCUT2D eigenvalue weighted by molar-refractivity contribution is 7.16. The highest BCUT2D eigenvalue weighted by atomic mass is 32.1. The van der Waals surface area contributed by atoms with Crippen molar-refractivity contribution in [3.8, 4) is 11.5 Å². The van der Waals surface area contributed by atoms with Crippen molar-refractivity contribution in [3.05, 3.63) is 16.9 Å². The first-order valence-corrected chi connectivity index (χ1v) is 8.51. The molecule has 0 aliphatic carbocycles. The first-order valence-electron chi connectivity index (χ1n) is 7.69. The van der Waals surface area contributed by atoms with E-state index in [2.05, 4.69) is 4.99 Å². The van der Waals surface area contributed by atoms with Gasteiger partial charge in [0.05, 0.1) is 23.7 Å². The zero-order valence-corrected chi connectivity index (χ0v) is 14.4. The molecule has 0 spiro atoms. The van der Waals surface area contributed by atoms with E-state index in [9.17, 15) is 9.59 Å². The number of fused-ring (bicyclic) bond motifs is 2. The molecule has 1 aromatic heterocycles. The summed E-state index contributed by atoms with van der Waals surface area (Å²) >= 11 is 1.39. The number of thiazole rings is 1. The Bertz CT molecular complexity index is 852. The van der Waals surface area contributed by atoms with Gasteiger partial charge < -0.3 is 18.8 Å². The number of carbonyl (C=O) groups is 2. The molecule has 1 aliphatic rings. The Kier molecular flexibility index (Phi) is 4.84. The van der Waals surface area contributed by atoms with Crippen LogP contribution in [-0.4, -0.2) is 30.3 Å². The first-order chi connectivity index (χ1) is 11.6. The average Bonchev–Trinajstić information content (AvgIpc) is 3.14. The minimum absolute atomic E-state index is 0.170. The van der Waals surface area contributed by atoms with Gasteiger partial charge in [-0.25, -0.2) is 0 Å². The SMILES string of the molecule is CCCC(=O)N=c1sc2cc3c(cc2n1CCC(=O)OC)OCO3. The lowest BCUT2D eigenvalue weighted by Gasteiger charge is -2.05. The summed E-state index contributed by atoms with van der Waals surface area (Å²) in [6.07, 6.45) is 1.34.